The summed E-state index contributed by atoms with van der Waals surface area (Å²) in [5.41, 5.74) is 12.1. The highest BCUT2D eigenvalue weighted by Gasteiger charge is 2.43. The first-order valence-electron chi connectivity index (χ1n) is 12.2. The molecule has 4 unspecified atom stereocenters. The molecule has 3 aliphatic rings. The molecule has 2 heterocycles. The molecule has 1 aromatic heterocycles. The number of benzene rings is 2. The van der Waals surface area contributed by atoms with Crippen LogP contribution in [0.5, 0.6) is 0 Å². The second-order valence-electron chi connectivity index (χ2n) is 9.80. The normalized spacial score (nSPS) is 26.9. The van der Waals surface area contributed by atoms with E-state index in [1.54, 1.807) is 0 Å². The number of rotatable bonds is 7. The van der Waals surface area contributed by atoms with Crippen LogP contribution in [-0.4, -0.2) is 27.2 Å². The van der Waals surface area contributed by atoms with Crippen molar-refractivity contribution in [3.63, 3.8) is 0 Å². The quantitative estimate of drug-likeness (QED) is 0.487. The minimum atomic E-state index is 0.220. The van der Waals surface area contributed by atoms with Crippen molar-refractivity contribution < 1.29 is 0 Å². The molecule has 2 aliphatic carbocycles. The molecule has 7 heteroatoms. The predicted octanol–water partition coefficient (Wildman–Crippen LogP) is 4.33. The van der Waals surface area contributed by atoms with Gasteiger partial charge in [-0.1, -0.05) is 65.3 Å². The maximum Gasteiger partial charge on any atom is 0.0893 e. The van der Waals surface area contributed by atoms with Gasteiger partial charge in [0.05, 0.1) is 24.1 Å². The third kappa shape index (κ3) is 4.45. The Balaban J connectivity index is 1.18. The summed E-state index contributed by atoms with van der Waals surface area (Å²) in [4.78, 5) is 0. The van der Waals surface area contributed by atoms with E-state index in [0.717, 1.165) is 42.9 Å². The molecule has 2 aromatic carbocycles. The van der Waals surface area contributed by atoms with Crippen molar-refractivity contribution in [2.45, 2.75) is 69.2 Å². The van der Waals surface area contributed by atoms with E-state index in [1.165, 1.54) is 29.8 Å². The molecule has 3 fully saturated rings. The van der Waals surface area contributed by atoms with Gasteiger partial charge in [0.1, 0.15) is 0 Å². The summed E-state index contributed by atoms with van der Waals surface area (Å²) in [7, 11) is 0. The Labute approximate surface area is 200 Å². The van der Waals surface area contributed by atoms with Crippen LogP contribution in [-0.2, 0) is 13.1 Å². The van der Waals surface area contributed by atoms with E-state index >= 15 is 0 Å². The van der Waals surface area contributed by atoms with E-state index in [0.29, 0.717) is 23.8 Å². The first kappa shape index (κ1) is 21.3. The van der Waals surface area contributed by atoms with Gasteiger partial charge in [0.25, 0.3) is 0 Å². The zero-order valence-corrected chi connectivity index (χ0v) is 19.5. The van der Waals surface area contributed by atoms with Crippen molar-refractivity contribution in [1.29, 1.82) is 0 Å². The molecular formula is C26H31ClN6. The van der Waals surface area contributed by atoms with E-state index in [4.69, 9.17) is 16.7 Å². The molecule has 6 rings (SSSR count). The van der Waals surface area contributed by atoms with Gasteiger partial charge in [0, 0.05) is 35.4 Å². The van der Waals surface area contributed by atoms with Crippen LogP contribution in [0.25, 0.3) is 0 Å². The summed E-state index contributed by atoms with van der Waals surface area (Å²) in [5, 5.41) is 13.9. The lowest BCUT2D eigenvalue weighted by Crippen LogP contribution is -2.44. The Kier molecular flexibility index (Phi) is 5.93. The van der Waals surface area contributed by atoms with Gasteiger partial charge in [0.2, 0.25) is 0 Å². The topological polar surface area (TPSA) is 66.8 Å². The number of fused-ring (bicyclic) bond motifs is 1. The molecular weight excluding hydrogens is 432 g/mol. The van der Waals surface area contributed by atoms with Crippen LogP contribution in [0.3, 0.4) is 0 Å². The number of hydrazine groups is 1. The molecule has 6 nitrogen and oxygen atoms in total. The summed E-state index contributed by atoms with van der Waals surface area (Å²) >= 11 is 6.37. The van der Waals surface area contributed by atoms with Crippen molar-refractivity contribution in [2.24, 2.45) is 5.92 Å². The fraction of sp³-hybridized carbons (Fsp3) is 0.462. The lowest BCUT2D eigenvalue weighted by molar-refractivity contribution is 0.254. The Bertz CT molecular complexity index is 1100. The van der Waals surface area contributed by atoms with Crippen molar-refractivity contribution in [2.75, 3.05) is 0 Å². The number of halogens is 1. The highest BCUT2D eigenvalue weighted by molar-refractivity contribution is 6.31. The van der Waals surface area contributed by atoms with Gasteiger partial charge in [-0.25, -0.2) is 10.1 Å². The van der Waals surface area contributed by atoms with Crippen LogP contribution in [0.15, 0.2) is 54.6 Å². The minimum absolute atomic E-state index is 0.220. The number of nitrogens with one attached hydrogen (secondary N) is 3. The Morgan fingerprint density at radius 1 is 0.939 bits per heavy atom. The average Bonchev–Trinajstić information content (AvgIpc) is 3.48. The van der Waals surface area contributed by atoms with Crippen LogP contribution in [0.2, 0.25) is 5.02 Å². The molecule has 1 saturated heterocycles. The molecule has 3 aromatic rings. The Morgan fingerprint density at radius 3 is 2.55 bits per heavy atom. The van der Waals surface area contributed by atoms with Crippen molar-refractivity contribution in [3.05, 3.63) is 82.1 Å². The number of aromatic nitrogens is 3. The molecule has 0 radical (unpaired) electrons. The molecule has 0 amide bonds. The Morgan fingerprint density at radius 2 is 1.73 bits per heavy atom. The maximum atomic E-state index is 6.37. The van der Waals surface area contributed by atoms with Gasteiger partial charge in [-0.3, -0.25) is 10.7 Å². The van der Waals surface area contributed by atoms with Crippen molar-refractivity contribution >= 4 is 11.6 Å². The molecule has 33 heavy (non-hydrogen) atoms. The van der Waals surface area contributed by atoms with Crippen LogP contribution < -0.4 is 16.2 Å². The first-order chi connectivity index (χ1) is 16.3. The van der Waals surface area contributed by atoms with Gasteiger partial charge in [-0.15, -0.1) is 5.10 Å². The second kappa shape index (κ2) is 9.18. The molecule has 4 atom stereocenters. The molecule has 0 spiro atoms. The lowest BCUT2D eigenvalue weighted by atomic mass is 9.75. The fourth-order valence-corrected chi connectivity index (χ4v) is 5.85. The number of nitrogens with zero attached hydrogens (tertiary/aromatic N) is 3. The van der Waals surface area contributed by atoms with Crippen molar-refractivity contribution in [3.8, 4) is 0 Å². The van der Waals surface area contributed by atoms with E-state index in [9.17, 15) is 0 Å². The van der Waals surface area contributed by atoms with E-state index in [2.05, 4.69) is 62.5 Å². The van der Waals surface area contributed by atoms with E-state index < -0.39 is 0 Å². The van der Waals surface area contributed by atoms with Gasteiger partial charge >= 0.3 is 0 Å². The molecule has 0 bridgehead atoms. The van der Waals surface area contributed by atoms with Gasteiger partial charge in [-0.2, -0.15) is 0 Å². The average molecular weight is 463 g/mol. The predicted molar refractivity (Wildman–Crippen MR) is 130 cm³/mol. The highest BCUT2D eigenvalue weighted by Crippen LogP contribution is 2.46. The summed E-state index contributed by atoms with van der Waals surface area (Å²) in [6.07, 6.45) is 6.18. The van der Waals surface area contributed by atoms with Gasteiger partial charge in [-0.05, 0) is 49.3 Å². The summed E-state index contributed by atoms with van der Waals surface area (Å²) in [6.45, 7) is 1.57. The van der Waals surface area contributed by atoms with Crippen LogP contribution in [0, 0.1) is 5.92 Å². The van der Waals surface area contributed by atoms with Gasteiger partial charge < -0.3 is 0 Å². The lowest BCUT2D eigenvalue weighted by Gasteiger charge is -2.33. The van der Waals surface area contributed by atoms with Crippen LogP contribution in [0.1, 0.15) is 66.5 Å². The maximum absolute atomic E-state index is 6.37. The Hall–Kier alpha value is -2.25. The summed E-state index contributed by atoms with van der Waals surface area (Å²) < 4.78 is 2.17. The number of hydrogen-bond donors (Lipinski definition) is 3. The third-order valence-electron chi connectivity index (χ3n) is 7.55. The zero-order valence-electron chi connectivity index (χ0n) is 18.8. The molecule has 172 valence electrons. The highest BCUT2D eigenvalue weighted by atomic mass is 35.5. The second-order valence-corrected chi connectivity index (χ2v) is 10.2. The van der Waals surface area contributed by atoms with Crippen molar-refractivity contribution in [1.82, 2.24) is 31.2 Å². The fourth-order valence-electron chi connectivity index (χ4n) is 5.64. The summed E-state index contributed by atoms with van der Waals surface area (Å²) in [6, 6.07) is 19.2. The van der Waals surface area contributed by atoms with E-state index in [1.807, 2.05) is 18.2 Å². The van der Waals surface area contributed by atoms with E-state index in [-0.39, 0.29) is 6.17 Å². The van der Waals surface area contributed by atoms with Gasteiger partial charge in [0.15, 0.2) is 0 Å². The SMILES string of the molecule is Clc1ccccc1CNC1NNC2CCC(c3nnn(Cc4ccccc4)c3C3CC3)CC21. The molecule has 2 saturated carbocycles. The first-order valence-corrected chi connectivity index (χ1v) is 12.6. The molecule has 3 N–H and O–H groups in total. The number of hydrogen-bond acceptors (Lipinski definition) is 5. The largest absolute Gasteiger partial charge is 0.296 e. The zero-order chi connectivity index (χ0) is 22.2. The summed E-state index contributed by atoms with van der Waals surface area (Å²) in [5.74, 6) is 1.61. The smallest absolute Gasteiger partial charge is 0.0893 e. The third-order valence-corrected chi connectivity index (χ3v) is 7.92. The minimum Gasteiger partial charge on any atom is -0.296 e. The monoisotopic (exact) mass is 462 g/mol. The van der Waals surface area contributed by atoms with Crippen LogP contribution in [0.4, 0.5) is 0 Å². The standard InChI is InChI=1S/C26H31ClN6/c27-22-9-5-4-8-20(22)15-28-26-21-14-19(12-13-23(21)29-31-26)24-25(18-10-11-18)33(32-30-24)16-17-6-2-1-3-7-17/h1-9,18-19,21,23,26,28-29,31H,10-16H2. The van der Waals surface area contributed by atoms with Crippen LogP contribution >= 0.6 is 11.6 Å². The molecule has 1 aliphatic heterocycles.